The molecule has 0 saturated carbocycles. The van der Waals surface area contributed by atoms with Gasteiger partial charge in [-0.05, 0) is 61.3 Å². The zero-order valence-corrected chi connectivity index (χ0v) is 18.8. The van der Waals surface area contributed by atoms with Crippen LogP contribution in [0.2, 0.25) is 0 Å². The van der Waals surface area contributed by atoms with Crippen LogP contribution in [-0.4, -0.2) is 49.7 Å². The molecule has 30 heavy (non-hydrogen) atoms. The van der Waals surface area contributed by atoms with Crippen LogP contribution in [0.4, 0.5) is 0 Å². The van der Waals surface area contributed by atoms with Crippen molar-refractivity contribution >= 4 is 27.3 Å². The predicted octanol–water partition coefficient (Wildman–Crippen LogP) is 3.06. The van der Waals surface area contributed by atoms with E-state index >= 15 is 0 Å². The number of carbonyl (C=O) groups excluding carboxylic acids is 1. The molecule has 1 atom stereocenters. The first-order chi connectivity index (χ1) is 14.5. The molecule has 2 fully saturated rings. The minimum atomic E-state index is -3.50. The van der Waals surface area contributed by atoms with Crippen LogP contribution < -0.4 is 5.32 Å². The van der Waals surface area contributed by atoms with Crippen molar-refractivity contribution in [3.05, 3.63) is 52.9 Å². The molecule has 0 bridgehead atoms. The average Bonchev–Trinajstić information content (AvgIpc) is 3.48. The number of nitrogens with zero attached hydrogens (tertiary/aromatic N) is 2. The Kier molecular flexibility index (Phi) is 6.87. The topological polar surface area (TPSA) is 69.7 Å². The smallest absolute Gasteiger partial charge is 0.252 e. The number of benzene rings is 1. The molecular formula is C22H29N3O3S2. The van der Waals surface area contributed by atoms with Gasteiger partial charge in [0.15, 0.2) is 0 Å². The van der Waals surface area contributed by atoms with Gasteiger partial charge in [0, 0.05) is 26.2 Å². The summed E-state index contributed by atoms with van der Waals surface area (Å²) in [6.45, 7) is 4.54. The standard InChI is InChI=1S/C22H29N3O3S2/c26-22(20-5-3-13-25(17-20)30(27,28)21-6-4-14-29-21)23-15-18-7-9-19(10-8-18)16-24-11-1-2-12-24/h4,6-10,14,20H,1-3,5,11-13,15-17H2,(H,23,26)/t20-/m1/s1. The molecule has 2 aromatic rings. The Morgan fingerprint density at radius 3 is 2.47 bits per heavy atom. The molecule has 2 aliphatic rings. The summed E-state index contributed by atoms with van der Waals surface area (Å²) in [4.78, 5) is 15.2. The van der Waals surface area contributed by atoms with Gasteiger partial charge in [-0.2, -0.15) is 4.31 Å². The lowest BCUT2D eigenvalue weighted by molar-refractivity contribution is -0.126. The summed E-state index contributed by atoms with van der Waals surface area (Å²) >= 11 is 1.22. The number of carbonyl (C=O) groups is 1. The first kappa shape index (κ1) is 21.5. The zero-order valence-electron chi connectivity index (χ0n) is 17.1. The van der Waals surface area contributed by atoms with Gasteiger partial charge < -0.3 is 5.32 Å². The summed E-state index contributed by atoms with van der Waals surface area (Å²) in [7, 11) is -3.50. The first-order valence-corrected chi connectivity index (χ1v) is 13.0. The molecule has 0 aliphatic carbocycles. The Morgan fingerprint density at radius 2 is 1.77 bits per heavy atom. The Morgan fingerprint density at radius 1 is 1.03 bits per heavy atom. The van der Waals surface area contributed by atoms with E-state index in [4.69, 9.17) is 0 Å². The molecule has 3 heterocycles. The minimum Gasteiger partial charge on any atom is -0.352 e. The molecule has 1 N–H and O–H groups in total. The lowest BCUT2D eigenvalue weighted by Crippen LogP contribution is -2.45. The predicted molar refractivity (Wildman–Crippen MR) is 119 cm³/mol. The van der Waals surface area contributed by atoms with Crippen LogP contribution >= 0.6 is 11.3 Å². The number of amides is 1. The van der Waals surface area contributed by atoms with Crippen LogP contribution in [0, 0.1) is 5.92 Å². The highest BCUT2D eigenvalue weighted by atomic mass is 32.2. The van der Waals surface area contributed by atoms with Crippen molar-refractivity contribution < 1.29 is 13.2 Å². The molecule has 4 rings (SSSR count). The average molecular weight is 448 g/mol. The van der Waals surface area contributed by atoms with E-state index in [0.717, 1.165) is 18.5 Å². The molecule has 2 aliphatic heterocycles. The van der Waals surface area contributed by atoms with Crippen molar-refractivity contribution in [2.45, 2.75) is 43.0 Å². The maximum absolute atomic E-state index is 12.8. The quantitative estimate of drug-likeness (QED) is 0.708. The molecule has 1 aromatic heterocycles. The second-order valence-corrected chi connectivity index (χ2v) is 11.3. The highest BCUT2D eigenvalue weighted by Crippen LogP contribution is 2.26. The summed E-state index contributed by atoms with van der Waals surface area (Å²) in [5.74, 6) is -0.370. The van der Waals surface area contributed by atoms with E-state index in [2.05, 4.69) is 34.5 Å². The van der Waals surface area contributed by atoms with Gasteiger partial charge in [-0.3, -0.25) is 9.69 Å². The Labute approximate surface area is 182 Å². The van der Waals surface area contributed by atoms with Crippen molar-refractivity contribution in [3.8, 4) is 0 Å². The fourth-order valence-corrected chi connectivity index (χ4v) is 6.88. The highest BCUT2D eigenvalue weighted by Gasteiger charge is 2.33. The van der Waals surface area contributed by atoms with Crippen LogP contribution in [0.25, 0.3) is 0 Å². The summed E-state index contributed by atoms with van der Waals surface area (Å²) in [6, 6.07) is 11.8. The van der Waals surface area contributed by atoms with Crippen LogP contribution in [0.15, 0.2) is 46.0 Å². The summed E-state index contributed by atoms with van der Waals surface area (Å²) in [5.41, 5.74) is 2.36. The summed E-state index contributed by atoms with van der Waals surface area (Å²) in [6.07, 6.45) is 4.00. The largest absolute Gasteiger partial charge is 0.352 e. The lowest BCUT2D eigenvalue weighted by atomic mass is 9.98. The van der Waals surface area contributed by atoms with Gasteiger partial charge in [-0.15, -0.1) is 11.3 Å². The van der Waals surface area contributed by atoms with E-state index in [9.17, 15) is 13.2 Å². The van der Waals surface area contributed by atoms with Gasteiger partial charge in [-0.25, -0.2) is 8.42 Å². The maximum Gasteiger partial charge on any atom is 0.252 e. The molecule has 1 amide bonds. The molecule has 8 heteroatoms. The van der Waals surface area contributed by atoms with E-state index in [1.807, 2.05) is 0 Å². The van der Waals surface area contributed by atoms with Crippen LogP contribution in [0.5, 0.6) is 0 Å². The number of nitrogens with one attached hydrogen (secondary N) is 1. The van der Waals surface area contributed by atoms with Crippen molar-refractivity contribution in [2.75, 3.05) is 26.2 Å². The third kappa shape index (κ3) is 5.11. The Bertz CT molecular complexity index is 937. The highest BCUT2D eigenvalue weighted by molar-refractivity contribution is 7.91. The molecule has 0 spiro atoms. The van der Waals surface area contributed by atoms with E-state index in [1.165, 1.54) is 47.1 Å². The van der Waals surface area contributed by atoms with Gasteiger partial charge in [-0.1, -0.05) is 30.3 Å². The van der Waals surface area contributed by atoms with E-state index in [0.29, 0.717) is 23.7 Å². The van der Waals surface area contributed by atoms with Crippen LogP contribution in [0.3, 0.4) is 0 Å². The number of sulfonamides is 1. The van der Waals surface area contributed by atoms with Crippen LogP contribution in [-0.2, 0) is 27.9 Å². The number of hydrogen-bond donors (Lipinski definition) is 1. The fraction of sp³-hybridized carbons (Fsp3) is 0.500. The second-order valence-electron chi connectivity index (χ2n) is 8.15. The first-order valence-electron chi connectivity index (χ1n) is 10.6. The Hall–Kier alpha value is -1.74. The molecule has 6 nitrogen and oxygen atoms in total. The van der Waals surface area contributed by atoms with E-state index in [-0.39, 0.29) is 18.4 Å². The normalized spacial score (nSPS) is 21.0. The van der Waals surface area contributed by atoms with Gasteiger partial charge in [0.05, 0.1) is 5.92 Å². The van der Waals surface area contributed by atoms with E-state index in [1.54, 1.807) is 17.5 Å². The number of likely N-dealkylation sites (tertiary alicyclic amines) is 1. The number of thiophene rings is 1. The lowest BCUT2D eigenvalue weighted by Gasteiger charge is -2.30. The van der Waals surface area contributed by atoms with Crippen molar-refractivity contribution in [1.29, 1.82) is 0 Å². The van der Waals surface area contributed by atoms with Gasteiger partial charge in [0.1, 0.15) is 4.21 Å². The van der Waals surface area contributed by atoms with Crippen molar-refractivity contribution in [3.63, 3.8) is 0 Å². The third-order valence-electron chi connectivity index (χ3n) is 5.94. The molecule has 0 unspecified atom stereocenters. The van der Waals surface area contributed by atoms with Crippen LogP contribution in [0.1, 0.15) is 36.8 Å². The monoisotopic (exact) mass is 447 g/mol. The van der Waals surface area contributed by atoms with E-state index < -0.39 is 10.0 Å². The fourth-order valence-electron chi connectivity index (χ4n) is 4.21. The zero-order chi connectivity index (χ0) is 21.0. The Balaban J connectivity index is 1.29. The molecular weight excluding hydrogens is 418 g/mol. The van der Waals surface area contributed by atoms with Gasteiger partial charge >= 0.3 is 0 Å². The number of hydrogen-bond acceptors (Lipinski definition) is 5. The third-order valence-corrected chi connectivity index (χ3v) is 9.18. The molecule has 1 aromatic carbocycles. The SMILES string of the molecule is O=C(NCc1ccc(CN2CCCC2)cc1)[C@@H]1CCCN(S(=O)(=O)c2cccs2)C1. The molecule has 2 saturated heterocycles. The van der Waals surface area contributed by atoms with Gasteiger partial charge in [0.2, 0.25) is 5.91 Å². The van der Waals surface area contributed by atoms with Crippen molar-refractivity contribution in [1.82, 2.24) is 14.5 Å². The summed E-state index contributed by atoms with van der Waals surface area (Å²) in [5, 5.41) is 4.76. The summed E-state index contributed by atoms with van der Waals surface area (Å²) < 4.78 is 27.3. The minimum absolute atomic E-state index is 0.0674. The number of piperidine rings is 1. The molecule has 162 valence electrons. The second kappa shape index (κ2) is 9.60. The maximum atomic E-state index is 12.8. The van der Waals surface area contributed by atoms with Gasteiger partial charge in [0.25, 0.3) is 10.0 Å². The number of rotatable bonds is 7. The molecule has 0 radical (unpaired) electrons. The van der Waals surface area contributed by atoms with Crippen molar-refractivity contribution in [2.24, 2.45) is 5.92 Å².